The second kappa shape index (κ2) is 6.15. The quantitative estimate of drug-likeness (QED) is 0.845. The molecule has 110 valence electrons. The Morgan fingerprint density at radius 3 is 2.52 bits per heavy atom. The summed E-state index contributed by atoms with van der Waals surface area (Å²) in [7, 11) is -3.83. The van der Waals surface area contributed by atoms with Gasteiger partial charge in [0.15, 0.2) is 0 Å². The van der Waals surface area contributed by atoms with Gasteiger partial charge < -0.3 is 5.32 Å². The molecule has 0 bridgehead atoms. The topological polar surface area (TPSA) is 89.3 Å². The predicted molar refractivity (Wildman–Crippen MR) is 84.9 cm³/mol. The van der Waals surface area contributed by atoms with E-state index in [9.17, 15) is 13.2 Å². The zero-order valence-corrected chi connectivity index (χ0v) is 13.7. The lowest BCUT2D eigenvalue weighted by Gasteiger charge is -2.08. The van der Waals surface area contributed by atoms with Crippen LogP contribution in [0.4, 0.5) is 5.69 Å². The first-order valence-electron chi connectivity index (χ1n) is 5.67. The van der Waals surface area contributed by atoms with Crippen molar-refractivity contribution in [2.24, 2.45) is 5.14 Å². The van der Waals surface area contributed by atoms with Crippen molar-refractivity contribution in [2.75, 3.05) is 5.32 Å². The Bertz CT molecular complexity index is 809. The standard InChI is InChI=1S/C13H10BrClN2O3S/c14-11-6-2-5-10(12(11)15)13(18)17-8-3-1-4-9(7-8)21(16,19)20/h1-7H,(H,17,18)(H2,16,19,20). The van der Waals surface area contributed by atoms with Crippen LogP contribution in [0, 0.1) is 0 Å². The summed E-state index contributed by atoms with van der Waals surface area (Å²) >= 11 is 9.26. The van der Waals surface area contributed by atoms with Crippen LogP contribution in [0.1, 0.15) is 10.4 Å². The molecule has 0 spiro atoms. The Balaban J connectivity index is 2.30. The lowest BCUT2D eigenvalue weighted by Crippen LogP contribution is -2.15. The molecule has 2 aromatic rings. The summed E-state index contributed by atoms with van der Waals surface area (Å²) in [6, 6.07) is 10.6. The lowest BCUT2D eigenvalue weighted by molar-refractivity contribution is 0.102. The van der Waals surface area contributed by atoms with Crippen molar-refractivity contribution in [3.63, 3.8) is 0 Å². The van der Waals surface area contributed by atoms with E-state index in [0.29, 0.717) is 10.2 Å². The third kappa shape index (κ3) is 3.82. The van der Waals surface area contributed by atoms with E-state index in [-0.39, 0.29) is 15.5 Å². The van der Waals surface area contributed by atoms with E-state index < -0.39 is 15.9 Å². The lowest BCUT2D eigenvalue weighted by atomic mass is 10.2. The van der Waals surface area contributed by atoms with Crippen LogP contribution in [0.5, 0.6) is 0 Å². The number of halogens is 2. The second-order valence-corrected chi connectivity index (χ2v) is 6.92. The van der Waals surface area contributed by atoms with E-state index in [1.54, 1.807) is 24.3 Å². The number of sulfonamides is 1. The number of rotatable bonds is 3. The largest absolute Gasteiger partial charge is 0.322 e. The zero-order valence-electron chi connectivity index (χ0n) is 10.5. The summed E-state index contributed by atoms with van der Waals surface area (Å²) in [6.45, 7) is 0. The second-order valence-electron chi connectivity index (χ2n) is 4.13. The normalized spacial score (nSPS) is 11.2. The van der Waals surface area contributed by atoms with E-state index in [1.165, 1.54) is 18.2 Å². The monoisotopic (exact) mass is 388 g/mol. The molecule has 0 saturated carbocycles. The molecule has 0 heterocycles. The van der Waals surface area contributed by atoms with Gasteiger partial charge in [-0.15, -0.1) is 0 Å². The van der Waals surface area contributed by atoms with Crippen molar-refractivity contribution < 1.29 is 13.2 Å². The number of carbonyl (C=O) groups is 1. The number of amides is 1. The summed E-state index contributed by atoms with van der Waals surface area (Å²) in [6.07, 6.45) is 0. The fraction of sp³-hybridized carbons (Fsp3) is 0. The number of hydrogen-bond donors (Lipinski definition) is 2. The van der Waals surface area contributed by atoms with Crippen molar-refractivity contribution in [3.8, 4) is 0 Å². The first-order valence-corrected chi connectivity index (χ1v) is 8.39. The number of benzene rings is 2. The van der Waals surface area contributed by atoms with Gasteiger partial charge in [-0.05, 0) is 46.3 Å². The number of carbonyl (C=O) groups excluding carboxylic acids is 1. The van der Waals surface area contributed by atoms with Gasteiger partial charge in [0.2, 0.25) is 10.0 Å². The Kier molecular flexibility index (Phi) is 4.67. The maximum absolute atomic E-state index is 12.2. The number of hydrogen-bond acceptors (Lipinski definition) is 3. The third-order valence-electron chi connectivity index (χ3n) is 2.62. The highest BCUT2D eigenvalue weighted by Gasteiger charge is 2.14. The Morgan fingerprint density at radius 2 is 1.86 bits per heavy atom. The van der Waals surface area contributed by atoms with Crippen LogP contribution in [0.3, 0.4) is 0 Å². The van der Waals surface area contributed by atoms with Crippen LogP contribution in [0.25, 0.3) is 0 Å². The first-order chi connectivity index (χ1) is 9.79. The van der Waals surface area contributed by atoms with Crippen molar-refractivity contribution in [1.29, 1.82) is 0 Å². The average molecular weight is 390 g/mol. The molecule has 5 nitrogen and oxygen atoms in total. The van der Waals surface area contributed by atoms with Gasteiger partial charge in [-0.2, -0.15) is 0 Å². The maximum atomic E-state index is 12.2. The number of primary sulfonamides is 1. The molecular formula is C13H10BrClN2O3S. The molecule has 0 radical (unpaired) electrons. The molecule has 21 heavy (non-hydrogen) atoms. The molecule has 0 aliphatic heterocycles. The van der Waals surface area contributed by atoms with E-state index >= 15 is 0 Å². The minimum atomic E-state index is -3.83. The molecule has 0 saturated heterocycles. The molecule has 1 amide bonds. The molecule has 2 aromatic carbocycles. The molecule has 0 aliphatic carbocycles. The molecule has 3 N–H and O–H groups in total. The fourth-order valence-electron chi connectivity index (χ4n) is 1.63. The van der Waals surface area contributed by atoms with E-state index in [2.05, 4.69) is 21.2 Å². The molecule has 0 unspecified atom stereocenters. The molecule has 0 aromatic heterocycles. The highest BCUT2D eigenvalue weighted by molar-refractivity contribution is 9.10. The summed E-state index contributed by atoms with van der Waals surface area (Å²) in [5.41, 5.74) is 0.578. The highest BCUT2D eigenvalue weighted by Crippen LogP contribution is 2.26. The minimum Gasteiger partial charge on any atom is -0.322 e. The van der Waals surface area contributed by atoms with Crippen LogP contribution in [0.15, 0.2) is 51.8 Å². The summed E-state index contributed by atoms with van der Waals surface area (Å²) in [4.78, 5) is 12.1. The minimum absolute atomic E-state index is 0.0827. The molecule has 8 heteroatoms. The van der Waals surface area contributed by atoms with Crippen molar-refractivity contribution in [1.82, 2.24) is 0 Å². The van der Waals surface area contributed by atoms with Crippen LogP contribution < -0.4 is 10.5 Å². The zero-order chi connectivity index (χ0) is 15.6. The SMILES string of the molecule is NS(=O)(=O)c1cccc(NC(=O)c2cccc(Br)c2Cl)c1. The van der Waals surface area contributed by atoms with Gasteiger partial charge in [0.1, 0.15) is 0 Å². The fourth-order valence-corrected chi connectivity index (χ4v) is 2.77. The maximum Gasteiger partial charge on any atom is 0.257 e. The van der Waals surface area contributed by atoms with Crippen molar-refractivity contribution >= 4 is 49.1 Å². The van der Waals surface area contributed by atoms with Crippen LogP contribution in [0.2, 0.25) is 5.02 Å². The first kappa shape index (κ1) is 16.0. The van der Waals surface area contributed by atoms with E-state index in [0.717, 1.165) is 0 Å². The van der Waals surface area contributed by atoms with Crippen LogP contribution in [-0.2, 0) is 10.0 Å². The molecule has 0 atom stereocenters. The summed E-state index contributed by atoms with van der Waals surface area (Å²) in [5.74, 6) is -0.451. The van der Waals surface area contributed by atoms with Crippen LogP contribution in [-0.4, -0.2) is 14.3 Å². The molecule has 2 rings (SSSR count). The van der Waals surface area contributed by atoms with Gasteiger partial charge in [0.05, 0.1) is 15.5 Å². The van der Waals surface area contributed by atoms with Gasteiger partial charge in [-0.25, -0.2) is 13.6 Å². The van der Waals surface area contributed by atoms with E-state index in [4.69, 9.17) is 16.7 Å². The average Bonchev–Trinajstić information content (AvgIpc) is 2.41. The Morgan fingerprint density at radius 1 is 1.19 bits per heavy atom. The van der Waals surface area contributed by atoms with Gasteiger partial charge in [-0.3, -0.25) is 4.79 Å². The van der Waals surface area contributed by atoms with Gasteiger partial charge in [-0.1, -0.05) is 23.7 Å². The number of nitrogens with two attached hydrogens (primary N) is 1. The smallest absolute Gasteiger partial charge is 0.257 e. The third-order valence-corrected chi connectivity index (χ3v) is 4.82. The Labute approximate surface area is 135 Å². The highest BCUT2D eigenvalue weighted by atomic mass is 79.9. The molecule has 0 fully saturated rings. The molecule has 0 aliphatic rings. The van der Waals surface area contributed by atoms with Crippen molar-refractivity contribution in [3.05, 3.63) is 57.5 Å². The predicted octanol–water partition coefficient (Wildman–Crippen LogP) is 3.00. The van der Waals surface area contributed by atoms with Gasteiger partial charge in [0.25, 0.3) is 5.91 Å². The summed E-state index contributed by atoms with van der Waals surface area (Å²) < 4.78 is 23.1. The van der Waals surface area contributed by atoms with Crippen LogP contribution >= 0.6 is 27.5 Å². The van der Waals surface area contributed by atoms with Gasteiger partial charge >= 0.3 is 0 Å². The number of nitrogens with one attached hydrogen (secondary N) is 1. The Hall–Kier alpha value is -1.41. The van der Waals surface area contributed by atoms with Gasteiger partial charge in [0, 0.05) is 10.2 Å². The number of anilines is 1. The van der Waals surface area contributed by atoms with E-state index in [1.807, 2.05) is 0 Å². The summed E-state index contributed by atoms with van der Waals surface area (Å²) in [5, 5.41) is 7.89. The molecular weight excluding hydrogens is 380 g/mol. The van der Waals surface area contributed by atoms with Crippen molar-refractivity contribution in [2.45, 2.75) is 4.90 Å².